The molecule has 0 spiro atoms. The average Bonchev–Trinajstić information content (AvgIpc) is 2.78. The van der Waals surface area contributed by atoms with Crippen molar-refractivity contribution in [2.75, 3.05) is 24.1 Å². The van der Waals surface area contributed by atoms with Crippen molar-refractivity contribution < 1.29 is 4.79 Å². The summed E-state index contributed by atoms with van der Waals surface area (Å²) < 4.78 is 0. The quantitative estimate of drug-likeness (QED) is 0.685. The first-order chi connectivity index (χ1) is 9.12. The zero-order valence-electron chi connectivity index (χ0n) is 12.0. The van der Waals surface area contributed by atoms with E-state index in [9.17, 15) is 4.79 Å². The van der Waals surface area contributed by atoms with E-state index < -0.39 is 0 Å². The zero-order chi connectivity index (χ0) is 14.3. The van der Waals surface area contributed by atoms with Crippen LogP contribution in [0.1, 0.15) is 49.7 Å². The van der Waals surface area contributed by atoms with Crippen LogP contribution in [0, 0.1) is 5.92 Å². The molecule has 1 rings (SSSR count). The van der Waals surface area contributed by atoms with Gasteiger partial charge in [0.2, 0.25) is 0 Å². The number of nitrogens with two attached hydrogens (primary N) is 1. The molecule has 0 unspecified atom stereocenters. The van der Waals surface area contributed by atoms with Crippen LogP contribution in [0.2, 0.25) is 0 Å². The number of amides is 1. The molecule has 0 aliphatic rings. The monoisotopic (exact) mass is 284 g/mol. The molecule has 0 aliphatic carbocycles. The maximum Gasteiger partial charge on any atom is 0.265 e. The van der Waals surface area contributed by atoms with E-state index in [1.165, 1.54) is 11.3 Å². The number of nitrogens with one attached hydrogen (secondary N) is 2. The van der Waals surface area contributed by atoms with Gasteiger partial charge >= 0.3 is 0 Å². The van der Waals surface area contributed by atoms with Crippen molar-refractivity contribution in [3.63, 3.8) is 0 Å². The van der Waals surface area contributed by atoms with Crippen molar-refractivity contribution in [1.82, 2.24) is 10.3 Å². The highest BCUT2D eigenvalue weighted by Gasteiger charge is 2.16. The van der Waals surface area contributed by atoms with E-state index in [0.717, 1.165) is 25.8 Å². The molecule has 5 nitrogen and oxygen atoms in total. The fourth-order valence-electron chi connectivity index (χ4n) is 1.70. The Kier molecular flexibility index (Phi) is 6.62. The highest BCUT2D eigenvalue weighted by Crippen LogP contribution is 2.24. The molecule has 0 radical (unpaired) electrons. The lowest BCUT2D eigenvalue weighted by molar-refractivity contribution is 0.0951. The number of rotatable bonds is 8. The highest BCUT2D eigenvalue weighted by molar-refractivity contribution is 7.18. The molecule has 0 bridgehead atoms. The smallest absolute Gasteiger partial charge is 0.265 e. The molecule has 1 heterocycles. The third kappa shape index (κ3) is 4.70. The fourth-order valence-corrected chi connectivity index (χ4v) is 2.52. The minimum Gasteiger partial charge on any atom is -0.382 e. The summed E-state index contributed by atoms with van der Waals surface area (Å²) in [5.74, 6) is 0.716. The van der Waals surface area contributed by atoms with Crippen LogP contribution in [0.4, 0.5) is 10.9 Å². The molecule has 0 aromatic carbocycles. The van der Waals surface area contributed by atoms with Crippen molar-refractivity contribution in [3.05, 3.63) is 4.88 Å². The van der Waals surface area contributed by atoms with E-state index in [2.05, 4.69) is 36.4 Å². The second kappa shape index (κ2) is 7.99. The first-order valence-electron chi connectivity index (χ1n) is 6.90. The van der Waals surface area contributed by atoms with Crippen LogP contribution in [0.25, 0.3) is 0 Å². The summed E-state index contributed by atoms with van der Waals surface area (Å²) in [5.41, 5.74) is 5.78. The Morgan fingerprint density at radius 1 is 1.37 bits per heavy atom. The third-order valence-corrected chi connectivity index (χ3v) is 4.12. The Balaban J connectivity index is 2.58. The summed E-state index contributed by atoms with van der Waals surface area (Å²) in [6.45, 7) is 7.87. The number of aromatic nitrogens is 1. The van der Waals surface area contributed by atoms with Gasteiger partial charge in [-0.2, -0.15) is 0 Å². The number of nitrogen functional groups attached to an aromatic ring is 1. The Morgan fingerprint density at radius 3 is 2.63 bits per heavy atom. The van der Waals surface area contributed by atoms with E-state index in [1.54, 1.807) is 0 Å². The van der Waals surface area contributed by atoms with Crippen LogP contribution in [0.3, 0.4) is 0 Å². The Labute approximate surface area is 119 Å². The SMILES string of the molecule is CCCNc1nc(N)c(C(=O)NCC(CC)CC)s1. The Morgan fingerprint density at radius 2 is 2.05 bits per heavy atom. The lowest BCUT2D eigenvalue weighted by atomic mass is 10.0. The van der Waals surface area contributed by atoms with Gasteiger partial charge in [0.25, 0.3) is 5.91 Å². The molecule has 1 aromatic rings. The summed E-state index contributed by atoms with van der Waals surface area (Å²) >= 11 is 1.32. The van der Waals surface area contributed by atoms with Gasteiger partial charge in [-0.05, 0) is 12.3 Å². The molecule has 0 saturated carbocycles. The van der Waals surface area contributed by atoms with Crippen molar-refractivity contribution in [3.8, 4) is 0 Å². The van der Waals surface area contributed by atoms with Crippen molar-refractivity contribution in [2.45, 2.75) is 40.0 Å². The maximum atomic E-state index is 12.0. The molecule has 4 N–H and O–H groups in total. The summed E-state index contributed by atoms with van der Waals surface area (Å²) in [6.07, 6.45) is 3.15. The van der Waals surface area contributed by atoms with E-state index in [0.29, 0.717) is 28.3 Å². The van der Waals surface area contributed by atoms with Gasteiger partial charge in [-0.1, -0.05) is 44.9 Å². The third-order valence-electron chi connectivity index (χ3n) is 3.09. The van der Waals surface area contributed by atoms with Crippen LogP contribution < -0.4 is 16.4 Å². The largest absolute Gasteiger partial charge is 0.382 e. The molecule has 0 saturated heterocycles. The minimum atomic E-state index is -0.119. The Hall–Kier alpha value is -1.30. The fraction of sp³-hybridized carbons (Fsp3) is 0.692. The molecule has 0 fully saturated rings. The van der Waals surface area contributed by atoms with Crippen LogP contribution in [0.15, 0.2) is 0 Å². The molecule has 1 amide bonds. The molecular formula is C13H24N4OS. The number of carbonyl (C=O) groups excluding carboxylic acids is 1. The molecule has 1 aromatic heterocycles. The summed E-state index contributed by atoms with van der Waals surface area (Å²) in [5, 5.41) is 6.79. The molecule has 0 atom stereocenters. The lowest BCUT2D eigenvalue weighted by Gasteiger charge is -2.12. The van der Waals surface area contributed by atoms with E-state index in [-0.39, 0.29) is 5.91 Å². The summed E-state index contributed by atoms with van der Waals surface area (Å²) in [4.78, 5) is 16.7. The Bertz CT molecular complexity index is 401. The number of hydrogen-bond donors (Lipinski definition) is 3. The van der Waals surface area contributed by atoms with Gasteiger partial charge in [0.05, 0.1) is 0 Å². The van der Waals surface area contributed by atoms with Gasteiger partial charge in [-0.3, -0.25) is 4.79 Å². The van der Waals surface area contributed by atoms with Crippen molar-refractivity contribution in [1.29, 1.82) is 0 Å². The van der Waals surface area contributed by atoms with Gasteiger partial charge in [0, 0.05) is 13.1 Å². The number of carbonyl (C=O) groups is 1. The highest BCUT2D eigenvalue weighted by atomic mass is 32.1. The molecule has 0 aliphatic heterocycles. The van der Waals surface area contributed by atoms with Gasteiger partial charge in [0.1, 0.15) is 10.7 Å². The molecule has 108 valence electrons. The van der Waals surface area contributed by atoms with E-state index in [1.807, 2.05) is 0 Å². The number of nitrogens with zero attached hydrogens (tertiary/aromatic N) is 1. The topological polar surface area (TPSA) is 80.0 Å². The minimum absolute atomic E-state index is 0.119. The molecule has 19 heavy (non-hydrogen) atoms. The van der Waals surface area contributed by atoms with E-state index in [4.69, 9.17) is 5.73 Å². The zero-order valence-corrected chi connectivity index (χ0v) is 12.8. The van der Waals surface area contributed by atoms with Crippen molar-refractivity contribution >= 4 is 28.2 Å². The predicted molar refractivity (Wildman–Crippen MR) is 81.7 cm³/mol. The standard InChI is InChI=1S/C13H24N4OS/c1-4-7-15-13-17-11(14)10(19-13)12(18)16-8-9(5-2)6-3/h9H,4-8,14H2,1-3H3,(H,15,17)(H,16,18). The van der Waals surface area contributed by atoms with Crippen molar-refractivity contribution in [2.24, 2.45) is 5.92 Å². The summed E-state index contributed by atoms with van der Waals surface area (Å²) in [6, 6.07) is 0. The first-order valence-corrected chi connectivity index (χ1v) is 7.72. The maximum absolute atomic E-state index is 12.0. The number of thiazole rings is 1. The lowest BCUT2D eigenvalue weighted by Crippen LogP contribution is -2.28. The first kappa shape index (κ1) is 15.8. The number of hydrogen-bond acceptors (Lipinski definition) is 5. The van der Waals surface area contributed by atoms with Crippen LogP contribution >= 0.6 is 11.3 Å². The predicted octanol–water partition coefficient (Wildman–Crippen LogP) is 2.71. The average molecular weight is 284 g/mol. The van der Waals surface area contributed by atoms with Crippen LogP contribution in [-0.4, -0.2) is 24.0 Å². The van der Waals surface area contributed by atoms with Crippen LogP contribution in [0.5, 0.6) is 0 Å². The molecule has 6 heteroatoms. The van der Waals surface area contributed by atoms with Gasteiger partial charge in [0.15, 0.2) is 5.13 Å². The molecular weight excluding hydrogens is 260 g/mol. The van der Waals surface area contributed by atoms with E-state index >= 15 is 0 Å². The number of anilines is 2. The van der Waals surface area contributed by atoms with Crippen LogP contribution in [-0.2, 0) is 0 Å². The van der Waals surface area contributed by atoms with Gasteiger partial charge in [-0.25, -0.2) is 4.98 Å². The summed E-state index contributed by atoms with van der Waals surface area (Å²) in [7, 11) is 0. The van der Waals surface area contributed by atoms with Gasteiger partial charge < -0.3 is 16.4 Å². The normalized spacial score (nSPS) is 10.7. The second-order valence-corrected chi connectivity index (χ2v) is 5.55. The second-order valence-electron chi connectivity index (χ2n) is 4.55. The van der Waals surface area contributed by atoms with Gasteiger partial charge in [-0.15, -0.1) is 0 Å².